The van der Waals surface area contributed by atoms with Crippen LogP contribution in [0.2, 0.25) is 0 Å². The molecule has 0 aliphatic carbocycles. The molecule has 0 fully saturated rings. The molecule has 0 spiro atoms. The number of cyclic esters (lactones) is 1. The van der Waals surface area contributed by atoms with Gasteiger partial charge in [0.25, 0.3) is 0 Å². The molecule has 0 saturated heterocycles. The van der Waals surface area contributed by atoms with Gasteiger partial charge in [-0.15, -0.1) is 0 Å². The van der Waals surface area contributed by atoms with Crippen LogP contribution in [0.1, 0.15) is 15.9 Å². The van der Waals surface area contributed by atoms with Gasteiger partial charge in [0.15, 0.2) is 11.5 Å². The van der Waals surface area contributed by atoms with Crippen LogP contribution in [-0.2, 0) is 11.3 Å². The van der Waals surface area contributed by atoms with Gasteiger partial charge in [-0.2, -0.15) is 0 Å². The summed E-state index contributed by atoms with van der Waals surface area (Å²) >= 11 is 0. The van der Waals surface area contributed by atoms with Gasteiger partial charge in [0, 0.05) is 18.0 Å². The number of aromatic nitrogens is 1. The first kappa shape index (κ1) is 12.5. The first-order valence-electron chi connectivity index (χ1n) is 7.28. The molecule has 0 N–H and O–H groups in total. The van der Waals surface area contributed by atoms with Crippen LogP contribution in [0, 0.1) is 0 Å². The second kappa shape index (κ2) is 4.46. The molecule has 5 nitrogen and oxygen atoms in total. The van der Waals surface area contributed by atoms with Crippen LogP contribution < -0.4 is 9.47 Å². The number of carbonyl (C=O) groups excluding carboxylic acids is 1. The molecule has 112 valence electrons. The molecule has 0 bridgehead atoms. The maximum absolute atomic E-state index is 12.0. The van der Waals surface area contributed by atoms with Crippen molar-refractivity contribution in [1.29, 1.82) is 0 Å². The van der Waals surface area contributed by atoms with E-state index in [0.29, 0.717) is 11.3 Å². The highest BCUT2D eigenvalue weighted by Crippen LogP contribution is 2.43. The molecule has 0 atom stereocenters. The van der Waals surface area contributed by atoms with Gasteiger partial charge in [-0.3, -0.25) is 4.98 Å². The molecule has 3 aromatic rings. The van der Waals surface area contributed by atoms with Gasteiger partial charge in [0.05, 0.1) is 5.56 Å². The van der Waals surface area contributed by atoms with E-state index in [0.717, 1.165) is 33.2 Å². The van der Waals surface area contributed by atoms with Crippen molar-refractivity contribution < 1.29 is 19.0 Å². The van der Waals surface area contributed by atoms with E-state index in [1.165, 1.54) is 0 Å². The number of pyridine rings is 1. The van der Waals surface area contributed by atoms with E-state index in [4.69, 9.17) is 14.2 Å². The first-order chi connectivity index (χ1) is 11.3. The summed E-state index contributed by atoms with van der Waals surface area (Å²) in [5, 5.41) is 1.94. The summed E-state index contributed by atoms with van der Waals surface area (Å²) < 4.78 is 16.2. The molecule has 2 aliphatic rings. The van der Waals surface area contributed by atoms with Crippen LogP contribution in [0.25, 0.3) is 21.9 Å². The molecule has 5 rings (SSSR count). The highest BCUT2D eigenvalue weighted by molar-refractivity contribution is 6.07. The molecule has 23 heavy (non-hydrogen) atoms. The third-order valence-corrected chi connectivity index (χ3v) is 4.28. The Morgan fingerprint density at radius 2 is 1.74 bits per heavy atom. The summed E-state index contributed by atoms with van der Waals surface area (Å²) in [4.78, 5) is 16.1. The van der Waals surface area contributed by atoms with Crippen molar-refractivity contribution in [2.75, 3.05) is 6.79 Å². The van der Waals surface area contributed by atoms with Crippen molar-refractivity contribution in [1.82, 2.24) is 4.98 Å². The lowest BCUT2D eigenvalue weighted by Crippen LogP contribution is -1.95. The third kappa shape index (κ3) is 1.73. The van der Waals surface area contributed by atoms with Crippen LogP contribution in [-0.4, -0.2) is 17.7 Å². The van der Waals surface area contributed by atoms with E-state index >= 15 is 0 Å². The van der Waals surface area contributed by atoms with E-state index in [1.807, 2.05) is 30.3 Å². The number of ether oxygens (including phenoxy) is 3. The molecule has 0 radical (unpaired) electrons. The van der Waals surface area contributed by atoms with Crippen molar-refractivity contribution in [3.8, 4) is 22.6 Å². The Hall–Kier alpha value is -3.08. The van der Waals surface area contributed by atoms with Crippen LogP contribution in [0.4, 0.5) is 0 Å². The summed E-state index contributed by atoms with van der Waals surface area (Å²) in [6.45, 7) is 0.508. The van der Waals surface area contributed by atoms with Gasteiger partial charge in [-0.05, 0) is 52.2 Å². The number of esters is 1. The number of nitrogens with zero attached hydrogens (tertiary/aromatic N) is 1. The average Bonchev–Trinajstić information content (AvgIpc) is 3.18. The fourth-order valence-corrected chi connectivity index (χ4v) is 3.23. The zero-order valence-corrected chi connectivity index (χ0v) is 12.0. The van der Waals surface area contributed by atoms with E-state index in [-0.39, 0.29) is 19.4 Å². The molecule has 5 heteroatoms. The van der Waals surface area contributed by atoms with E-state index in [1.54, 1.807) is 12.4 Å². The zero-order chi connectivity index (χ0) is 15.4. The minimum atomic E-state index is -0.283. The molecule has 2 aromatic carbocycles. The molecule has 3 heterocycles. The highest BCUT2D eigenvalue weighted by atomic mass is 16.7. The Labute approximate surface area is 131 Å². The Morgan fingerprint density at radius 3 is 2.57 bits per heavy atom. The highest BCUT2D eigenvalue weighted by Gasteiger charge is 2.28. The largest absolute Gasteiger partial charge is 0.457 e. The monoisotopic (exact) mass is 305 g/mol. The Morgan fingerprint density at radius 1 is 0.957 bits per heavy atom. The molecule has 2 aliphatic heterocycles. The summed E-state index contributed by atoms with van der Waals surface area (Å²) in [5.74, 6) is 1.14. The van der Waals surface area contributed by atoms with Crippen LogP contribution in [0.5, 0.6) is 11.5 Å². The number of carbonyl (C=O) groups is 1. The standard InChI is InChI=1S/C18H11NO4/c20-18-13-5-11-6-15-16(23-9-22-15)7-12(11)17(14(13)8-21-18)10-1-3-19-4-2-10/h1-7H,8-9H2. The van der Waals surface area contributed by atoms with Crippen LogP contribution >= 0.6 is 0 Å². The summed E-state index contributed by atoms with van der Waals surface area (Å²) in [6, 6.07) is 9.61. The SMILES string of the molecule is O=C1OCc2c1cc1cc3c(cc1c2-c1ccncc1)OCO3. The normalized spacial score (nSPS) is 14.9. The first-order valence-corrected chi connectivity index (χ1v) is 7.28. The van der Waals surface area contributed by atoms with Crippen LogP contribution in [0.15, 0.2) is 42.7 Å². The zero-order valence-electron chi connectivity index (χ0n) is 12.0. The smallest absolute Gasteiger partial charge is 0.338 e. The Kier molecular flexibility index (Phi) is 2.42. The third-order valence-electron chi connectivity index (χ3n) is 4.28. The predicted octanol–water partition coefficient (Wildman–Crippen LogP) is 3.30. The second-order valence-corrected chi connectivity index (χ2v) is 5.52. The van der Waals surface area contributed by atoms with Gasteiger partial charge in [0.1, 0.15) is 6.61 Å². The summed E-state index contributed by atoms with van der Waals surface area (Å²) in [6.07, 6.45) is 3.48. The molecular weight excluding hydrogens is 294 g/mol. The Bertz CT molecular complexity index is 966. The number of hydrogen-bond donors (Lipinski definition) is 0. The van der Waals surface area contributed by atoms with E-state index in [2.05, 4.69) is 4.98 Å². The van der Waals surface area contributed by atoms with Crippen molar-refractivity contribution in [2.24, 2.45) is 0 Å². The lowest BCUT2D eigenvalue weighted by atomic mass is 9.91. The quantitative estimate of drug-likeness (QED) is 0.646. The van der Waals surface area contributed by atoms with Crippen molar-refractivity contribution >= 4 is 16.7 Å². The lowest BCUT2D eigenvalue weighted by molar-refractivity contribution is 0.0535. The fraction of sp³-hybridized carbons (Fsp3) is 0.111. The topological polar surface area (TPSA) is 57.7 Å². The second-order valence-electron chi connectivity index (χ2n) is 5.52. The molecular formula is C18H11NO4. The summed E-state index contributed by atoms with van der Waals surface area (Å²) in [5.41, 5.74) is 3.51. The van der Waals surface area contributed by atoms with Crippen molar-refractivity contribution in [3.05, 3.63) is 53.9 Å². The maximum Gasteiger partial charge on any atom is 0.338 e. The van der Waals surface area contributed by atoms with Gasteiger partial charge < -0.3 is 14.2 Å². The van der Waals surface area contributed by atoms with Crippen molar-refractivity contribution in [2.45, 2.75) is 6.61 Å². The molecule has 1 aromatic heterocycles. The Balaban J connectivity index is 1.92. The lowest BCUT2D eigenvalue weighted by Gasteiger charge is -2.12. The minimum absolute atomic E-state index is 0.220. The van der Waals surface area contributed by atoms with Gasteiger partial charge in [-0.25, -0.2) is 4.79 Å². The number of rotatable bonds is 1. The fourth-order valence-electron chi connectivity index (χ4n) is 3.23. The van der Waals surface area contributed by atoms with E-state index in [9.17, 15) is 4.79 Å². The van der Waals surface area contributed by atoms with Crippen LogP contribution in [0.3, 0.4) is 0 Å². The van der Waals surface area contributed by atoms with Crippen molar-refractivity contribution in [3.63, 3.8) is 0 Å². The summed E-state index contributed by atoms with van der Waals surface area (Å²) in [7, 11) is 0. The van der Waals surface area contributed by atoms with Gasteiger partial charge >= 0.3 is 5.97 Å². The number of benzene rings is 2. The molecule has 0 saturated carbocycles. The maximum atomic E-state index is 12.0. The molecule has 0 amide bonds. The number of hydrogen-bond acceptors (Lipinski definition) is 5. The molecule has 0 unspecified atom stereocenters. The van der Waals surface area contributed by atoms with Gasteiger partial charge in [0.2, 0.25) is 6.79 Å². The average molecular weight is 305 g/mol. The predicted molar refractivity (Wildman–Crippen MR) is 82.4 cm³/mol. The number of fused-ring (bicyclic) bond motifs is 3. The minimum Gasteiger partial charge on any atom is -0.457 e. The van der Waals surface area contributed by atoms with E-state index < -0.39 is 0 Å². The van der Waals surface area contributed by atoms with Gasteiger partial charge in [-0.1, -0.05) is 0 Å².